The van der Waals surface area contributed by atoms with E-state index in [-0.39, 0.29) is 5.82 Å². The van der Waals surface area contributed by atoms with Gasteiger partial charge in [0.15, 0.2) is 0 Å². The van der Waals surface area contributed by atoms with E-state index in [0.717, 1.165) is 5.69 Å². The molecule has 3 aromatic rings. The highest BCUT2D eigenvalue weighted by Crippen LogP contribution is 2.28. The van der Waals surface area contributed by atoms with Gasteiger partial charge in [-0.25, -0.2) is 9.37 Å². The second-order valence-electron chi connectivity index (χ2n) is 5.51. The molecule has 1 heterocycles. The number of aromatic nitrogens is 2. The number of hydrogen-bond donors (Lipinski definition) is 2. The minimum atomic E-state index is -0.206. The minimum absolute atomic E-state index is 0.206. The summed E-state index contributed by atoms with van der Waals surface area (Å²) in [6, 6.07) is 13.8. The number of anilines is 3. The molecule has 3 rings (SSSR count). The third kappa shape index (κ3) is 4.61. The van der Waals surface area contributed by atoms with Crippen LogP contribution < -0.4 is 15.4 Å². The van der Waals surface area contributed by atoms with Gasteiger partial charge in [0.05, 0.1) is 12.1 Å². The highest BCUT2D eigenvalue weighted by atomic mass is 35.5. The lowest BCUT2D eigenvalue weighted by molar-refractivity contribution is 0.415. The van der Waals surface area contributed by atoms with Crippen LogP contribution in [0.25, 0.3) is 0 Å². The van der Waals surface area contributed by atoms with Gasteiger partial charge in [0.1, 0.15) is 17.4 Å². The SMILES string of the molecule is COc1ccc(Nc2ccnc(NCCc3ccccc3F)n2)cc1Cl. The van der Waals surface area contributed by atoms with Crippen LogP contribution in [0.1, 0.15) is 5.56 Å². The molecule has 1 aromatic heterocycles. The zero-order chi connectivity index (χ0) is 18.4. The summed E-state index contributed by atoms with van der Waals surface area (Å²) in [6.45, 7) is 0.527. The Morgan fingerprint density at radius 1 is 1.15 bits per heavy atom. The molecule has 0 atom stereocenters. The van der Waals surface area contributed by atoms with Crippen molar-refractivity contribution >= 4 is 29.1 Å². The Kier molecular flexibility index (Phi) is 5.86. The topological polar surface area (TPSA) is 59.1 Å². The first kappa shape index (κ1) is 17.9. The third-order valence-corrected chi connectivity index (χ3v) is 4.01. The molecule has 0 saturated carbocycles. The van der Waals surface area contributed by atoms with E-state index in [1.807, 2.05) is 12.1 Å². The summed E-state index contributed by atoms with van der Waals surface area (Å²) in [5, 5.41) is 6.77. The maximum absolute atomic E-state index is 13.6. The van der Waals surface area contributed by atoms with E-state index in [1.165, 1.54) is 6.07 Å². The van der Waals surface area contributed by atoms with Crippen LogP contribution in [0.4, 0.5) is 21.8 Å². The number of halogens is 2. The number of ether oxygens (including phenoxy) is 1. The molecular weight excluding hydrogens is 355 g/mol. The first-order valence-corrected chi connectivity index (χ1v) is 8.44. The van der Waals surface area contributed by atoms with Gasteiger partial charge in [0.25, 0.3) is 0 Å². The van der Waals surface area contributed by atoms with E-state index >= 15 is 0 Å². The summed E-state index contributed by atoms with van der Waals surface area (Å²) in [7, 11) is 1.57. The van der Waals surface area contributed by atoms with E-state index in [9.17, 15) is 4.39 Å². The van der Waals surface area contributed by atoms with E-state index in [0.29, 0.717) is 41.1 Å². The average Bonchev–Trinajstić information content (AvgIpc) is 2.64. The van der Waals surface area contributed by atoms with E-state index in [2.05, 4.69) is 20.6 Å². The lowest BCUT2D eigenvalue weighted by Crippen LogP contribution is -2.09. The van der Waals surface area contributed by atoms with Gasteiger partial charge in [-0.3, -0.25) is 0 Å². The quantitative estimate of drug-likeness (QED) is 0.630. The van der Waals surface area contributed by atoms with E-state index < -0.39 is 0 Å². The first-order chi connectivity index (χ1) is 12.7. The van der Waals surface area contributed by atoms with Crippen LogP contribution in [0.5, 0.6) is 5.75 Å². The van der Waals surface area contributed by atoms with Crippen molar-refractivity contribution in [2.24, 2.45) is 0 Å². The van der Waals surface area contributed by atoms with Crippen molar-refractivity contribution in [1.29, 1.82) is 0 Å². The van der Waals surface area contributed by atoms with Gasteiger partial charge >= 0.3 is 0 Å². The zero-order valence-corrected chi connectivity index (χ0v) is 14.9. The monoisotopic (exact) mass is 372 g/mol. The predicted molar refractivity (Wildman–Crippen MR) is 102 cm³/mol. The minimum Gasteiger partial charge on any atom is -0.495 e. The van der Waals surface area contributed by atoms with Crippen LogP contribution in [0, 0.1) is 5.82 Å². The zero-order valence-electron chi connectivity index (χ0n) is 14.2. The number of nitrogens with zero attached hydrogens (tertiary/aromatic N) is 2. The fourth-order valence-electron chi connectivity index (χ4n) is 2.42. The molecule has 0 spiro atoms. The molecule has 0 bridgehead atoms. The number of benzene rings is 2. The van der Waals surface area contributed by atoms with E-state index in [4.69, 9.17) is 16.3 Å². The Morgan fingerprint density at radius 2 is 2.00 bits per heavy atom. The average molecular weight is 373 g/mol. The molecule has 0 fully saturated rings. The molecule has 0 aliphatic heterocycles. The van der Waals surface area contributed by atoms with Gasteiger partial charge in [0, 0.05) is 18.4 Å². The van der Waals surface area contributed by atoms with Crippen molar-refractivity contribution < 1.29 is 9.13 Å². The maximum Gasteiger partial charge on any atom is 0.224 e. The standard InChI is InChI=1S/C19H18ClFN4O/c1-26-17-7-6-14(12-15(17)20)24-18-9-11-23-19(25-18)22-10-8-13-4-2-3-5-16(13)21/h2-7,9,11-12H,8,10H2,1H3,(H2,22,23,24,25). The van der Waals surface area contributed by atoms with Crippen LogP contribution in [0.15, 0.2) is 54.7 Å². The number of hydrogen-bond acceptors (Lipinski definition) is 5. The highest BCUT2D eigenvalue weighted by Gasteiger charge is 2.05. The predicted octanol–water partition coefficient (Wildman–Crippen LogP) is 4.68. The summed E-state index contributed by atoms with van der Waals surface area (Å²) < 4.78 is 18.8. The smallest absolute Gasteiger partial charge is 0.224 e. The second-order valence-corrected chi connectivity index (χ2v) is 5.92. The Hall–Kier alpha value is -2.86. The van der Waals surface area contributed by atoms with Crippen molar-refractivity contribution in [2.75, 3.05) is 24.3 Å². The van der Waals surface area contributed by atoms with Gasteiger partial charge < -0.3 is 15.4 Å². The van der Waals surface area contributed by atoms with Crippen LogP contribution in [0.3, 0.4) is 0 Å². The fraction of sp³-hybridized carbons (Fsp3) is 0.158. The molecule has 0 aliphatic rings. The number of rotatable bonds is 7. The van der Waals surface area contributed by atoms with Crippen molar-refractivity contribution in [2.45, 2.75) is 6.42 Å². The largest absolute Gasteiger partial charge is 0.495 e. The summed E-state index contributed by atoms with van der Waals surface area (Å²) in [5.74, 6) is 1.48. The molecule has 134 valence electrons. The molecular formula is C19H18ClFN4O. The van der Waals surface area contributed by atoms with Gasteiger partial charge in [-0.2, -0.15) is 4.98 Å². The van der Waals surface area contributed by atoms with Gasteiger partial charge in [-0.05, 0) is 42.3 Å². The normalized spacial score (nSPS) is 10.4. The molecule has 0 radical (unpaired) electrons. The third-order valence-electron chi connectivity index (χ3n) is 3.72. The molecule has 0 aliphatic carbocycles. The Balaban J connectivity index is 1.61. The fourth-order valence-corrected chi connectivity index (χ4v) is 2.67. The van der Waals surface area contributed by atoms with Crippen LogP contribution in [-0.2, 0) is 6.42 Å². The van der Waals surface area contributed by atoms with Crippen LogP contribution in [0.2, 0.25) is 5.02 Å². The second kappa shape index (κ2) is 8.49. The highest BCUT2D eigenvalue weighted by molar-refractivity contribution is 6.32. The Bertz CT molecular complexity index is 891. The summed E-state index contributed by atoms with van der Waals surface area (Å²) in [6.07, 6.45) is 2.19. The Labute approximate surface area is 156 Å². The summed E-state index contributed by atoms with van der Waals surface area (Å²) in [5.41, 5.74) is 1.44. The van der Waals surface area contributed by atoms with E-state index in [1.54, 1.807) is 43.6 Å². The molecule has 0 unspecified atom stereocenters. The lowest BCUT2D eigenvalue weighted by Gasteiger charge is -2.10. The molecule has 0 saturated heterocycles. The summed E-state index contributed by atoms with van der Waals surface area (Å²) >= 11 is 6.13. The van der Waals surface area contributed by atoms with Crippen molar-refractivity contribution in [3.05, 3.63) is 71.1 Å². The van der Waals surface area contributed by atoms with Crippen molar-refractivity contribution in [3.63, 3.8) is 0 Å². The lowest BCUT2D eigenvalue weighted by atomic mass is 10.1. The molecule has 26 heavy (non-hydrogen) atoms. The molecule has 5 nitrogen and oxygen atoms in total. The van der Waals surface area contributed by atoms with Crippen LogP contribution >= 0.6 is 11.6 Å². The molecule has 7 heteroatoms. The first-order valence-electron chi connectivity index (χ1n) is 8.06. The van der Waals surface area contributed by atoms with Crippen molar-refractivity contribution in [3.8, 4) is 5.75 Å². The molecule has 0 amide bonds. The molecule has 2 aromatic carbocycles. The Morgan fingerprint density at radius 3 is 2.77 bits per heavy atom. The van der Waals surface area contributed by atoms with Gasteiger partial charge in [0.2, 0.25) is 5.95 Å². The summed E-state index contributed by atoms with van der Waals surface area (Å²) in [4.78, 5) is 8.57. The maximum atomic E-state index is 13.6. The van der Waals surface area contributed by atoms with Gasteiger partial charge in [-0.1, -0.05) is 29.8 Å². The number of nitrogens with one attached hydrogen (secondary N) is 2. The number of methoxy groups -OCH3 is 1. The van der Waals surface area contributed by atoms with Crippen molar-refractivity contribution in [1.82, 2.24) is 9.97 Å². The van der Waals surface area contributed by atoms with Crippen LogP contribution in [-0.4, -0.2) is 23.6 Å². The van der Waals surface area contributed by atoms with Gasteiger partial charge in [-0.15, -0.1) is 0 Å². The molecule has 2 N–H and O–H groups in total.